The van der Waals surface area contributed by atoms with Crippen LogP contribution in [-0.2, 0) is 30.0 Å². The predicted molar refractivity (Wildman–Crippen MR) is 203 cm³/mol. The van der Waals surface area contributed by atoms with Crippen molar-refractivity contribution in [2.75, 3.05) is 0 Å². The molecule has 9 heteroatoms. The Morgan fingerprint density at radius 2 is 1.35 bits per heavy atom. The Labute approximate surface area is 302 Å². The van der Waals surface area contributed by atoms with Crippen LogP contribution >= 0.6 is 0 Å². The largest absolute Gasteiger partial charge is 0.475 e. The van der Waals surface area contributed by atoms with Gasteiger partial charge in [0.15, 0.2) is 6.10 Å². The Morgan fingerprint density at radius 1 is 0.824 bits per heavy atom. The fourth-order valence-corrected chi connectivity index (χ4v) is 11.5. The lowest BCUT2D eigenvalue weighted by Gasteiger charge is -2.47. The van der Waals surface area contributed by atoms with E-state index >= 15 is 0 Å². The second-order valence-corrected chi connectivity index (χ2v) is 18.3. The summed E-state index contributed by atoms with van der Waals surface area (Å²) >= 11 is 0. The topological polar surface area (TPSA) is 114 Å². The standard InChI is InChI=1S/C42H48N2O6Si/c1-6-33(27-24-30-22-25-32(26-23-30)31-16-10-7-11-17-31)44-40(46)39-38(43-29(2)45)36(28-37(49-39)41(47)48)50-51(42(3,4)5,34-18-12-8-13-19-34)35-20-14-9-15-21-35/h7-23,25-26,28,33,36,38-39H,6,24,27H2,1-5H3,(H,43,45)(H,44,46)(H,47,48)/t33?,36-,38+,39+/m0/s1. The van der Waals surface area contributed by atoms with Gasteiger partial charge in [-0.1, -0.05) is 143 Å². The fraction of sp³-hybridized carbons (Fsp3) is 0.310. The van der Waals surface area contributed by atoms with Gasteiger partial charge in [0, 0.05) is 13.0 Å². The molecule has 4 aromatic rings. The van der Waals surface area contributed by atoms with E-state index in [2.05, 4.69) is 67.8 Å². The van der Waals surface area contributed by atoms with E-state index in [1.54, 1.807) is 0 Å². The van der Waals surface area contributed by atoms with E-state index in [1.165, 1.54) is 13.0 Å². The SMILES string of the molecule is CCC(CCc1ccc(-c2ccccc2)cc1)NC(=O)[C@@H]1OC(C(=O)O)=C[C@H](O[Si](c2ccccc2)(c2ccccc2)C(C)(C)C)[C@H]1NC(C)=O. The number of aryl methyl sites for hydroxylation is 1. The Hall–Kier alpha value is -4.99. The van der Waals surface area contributed by atoms with Crippen LogP contribution in [0.1, 0.15) is 53.0 Å². The second-order valence-electron chi connectivity index (χ2n) is 14.1. The van der Waals surface area contributed by atoms with Crippen LogP contribution < -0.4 is 21.0 Å². The van der Waals surface area contributed by atoms with Gasteiger partial charge in [0.05, 0.1) is 6.10 Å². The number of amides is 2. The summed E-state index contributed by atoms with van der Waals surface area (Å²) in [5.41, 5.74) is 3.42. The second kappa shape index (κ2) is 16.4. The first-order valence-electron chi connectivity index (χ1n) is 17.6. The number of rotatable bonds is 13. The lowest BCUT2D eigenvalue weighted by molar-refractivity contribution is -0.145. The monoisotopic (exact) mass is 704 g/mol. The maximum atomic E-state index is 14.1. The molecule has 2 amide bonds. The van der Waals surface area contributed by atoms with Crippen LogP contribution in [0.2, 0.25) is 5.04 Å². The average molecular weight is 705 g/mol. The van der Waals surface area contributed by atoms with Crippen molar-refractivity contribution >= 4 is 36.5 Å². The summed E-state index contributed by atoms with van der Waals surface area (Å²) in [6, 6.07) is 37.2. The van der Waals surface area contributed by atoms with Crippen LogP contribution in [0, 0.1) is 0 Å². The smallest absolute Gasteiger partial charge is 0.370 e. The molecular weight excluding hydrogens is 657 g/mol. The minimum Gasteiger partial charge on any atom is -0.475 e. The predicted octanol–water partition coefficient (Wildman–Crippen LogP) is 6.00. The maximum Gasteiger partial charge on any atom is 0.370 e. The van der Waals surface area contributed by atoms with Gasteiger partial charge in [-0.05, 0) is 57.4 Å². The van der Waals surface area contributed by atoms with Crippen LogP contribution in [0.3, 0.4) is 0 Å². The summed E-state index contributed by atoms with van der Waals surface area (Å²) in [4.78, 5) is 39.3. The summed E-state index contributed by atoms with van der Waals surface area (Å²) in [7, 11) is -3.25. The molecule has 8 nitrogen and oxygen atoms in total. The highest BCUT2D eigenvalue weighted by Gasteiger charge is 2.54. The minimum atomic E-state index is -3.25. The van der Waals surface area contributed by atoms with Gasteiger partial charge in [-0.3, -0.25) is 9.59 Å². The van der Waals surface area contributed by atoms with Gasteiger partial charge in [0.25, 0.3) is 14.2 Å². The normalized spacial score (nSPS) is 18.1. The van der Waals surface area contributed by atoms with Crippen LogP contribution in [-0.4, -0.2) is 55.5 Å². The van der Waals surface area contributed by atoms with E-state index in [1.807, 2.05) is 85.8 Å². The molecule has 4 aromatic carbocycles. The Balaban J connectivity index is 1.43. The van der Waals surface area contributed by atoms with Gasteiger partial charge in [0.2, 0.25) is 11.7 Å². The molecule has 1 aliphatic rings. The van der Waals surface area contributed by atoms with Crippen molar-refractivity contribution in [3.05, 3.63) is 133 Å². The van der Waals surface area contributed by atoms with Crippen molar-refractivity contribution in [3.63, 3.8) is 0 Å². The van der Waals surface area contributed by atoms with Crippen LogP contribution in [0.4, 0.5) is 0 Å². The summed E-state index contributed by atoms with van der Waals surface area (Å²) in [5, 5.41) is 17.7. The first kappa shape index (κ1) is 37.3. The number of aliphatic carboxylic acids is 1. The number of hydrogen-bond acceptors (Lipinski definition) is 5. The quantitative estimate of drug-likeness (QED) is 0.147. The first-order valence-corrected chi connectivity index (χ1v) is 19.5. The van der Waals surface area contributed by atoms with Crippen molar-refractivity contribution < 1.29 is 28.7 Å². The highest BCUT2D eigenvalue weighted by atomic mass is 28.4. The molecule has 5 rings (SSSR count). The third kappa shape index (κ3) is 8.67. The molecule has 0 aliphatic carbocycles. The molecule has 3 N–H and O–H groups in total. The number of carboxylic acids is 1. The molecular formula is C42H48N2O6Si. The fourth-order valence-electron chi connectivity index (χ4n) is 6.91. The Bertz CT molecular complexity index is 1770. The number of carboxylic acid groups (broad SMARTS) is 1. The summed E-state index contributed by atoms with van der Waals surface area (Å²) in [6.07, 6.45) is 1.08. The van der Waals surface area contributed by atoms with Gasteiger partial charge in [-0.25, -0.2) is 4.79 Å². The van der Waals surface area contributed by atoms with E-state index in [-0.39, 0.29) is 6.04 Å². The zero-order chi connectivity index (χ0) is 36.6. The van der Waals surface area contributed by atoms with E-state index in [0.717, 1.165) is 33.5 Å². The van der Waals surface area contributed by atoms with E-state index in [9.17, 15) is 19.5 Å². The van der Waals surface area contributed by atoms with Gasteiger partial charge in [-0.2, -0.15) is 0 Å². The molecule has 0 spiro atoms. The molecule has 0 radical (unpaired) electrons. The third-order valence-corrected chi connectivity index (χ3v) is 14.5. The molecule has 266 valence electrons. The Kier molecular flexibility index (Phi) is 11.9. The van der Waals surface area contributed by atoms with Crippen molar-refractivity contribution in [2.24, 2.45) is 0 Å². The average Bonchev–Trinajstić information content (AvgIpc) is 3.13. The number of ether oxygens (including phenoxy) is 1. The number of carbonyl (C=O) groups excluding carboxylic acids is 2. The number of hydrogen-bond donors (Lipinski definition) is 3. The van der Waals surface area contributed by atoms with Crippen molar-refractivity contribution in [2.45, 2.75) is 83.2 Å². The van der Waals surface area contributed by atoms with Gasteiger partial charge >= 0.3 is 5.97 Å². The maximum absolute atomic E-state index is 14.1. The van der Waals surface area contributed by atoms with Crippen LogP contribution in [0.15, 0.2) is 127 Å². The molecule has 0 saturated carbocycles. The number of carbonyl (C=O) groups is 3. The minimum absolute atomic E-state index is 0.219. The molecule has 0 fully saturated rings. The number of benzene rings is 4. The van der Waals surface area contributed by atoms with E-state index in [0.29, 0.717) is 12.8 Å². The van der Waals surface area contributed by atoms with E-state index < -0.39 is 55.1 Å². The summed E-state index contributed by atoms with van der Waals surface area (Å²) in [6.45, 7) is 9.69. The van der Waals surface area contributed by atoms with E-state index in [4.69, 9.17) is 9.16 Å². The molecule has 1 heterocycles. The van der Waals surface area contributed by atoms with Gasteiger partial charge in [-0.15, -0.1) is 0 Å². The zero-order valence-corrected chi connectivity index (χ0v) is 31.0. The molecule has 1 aliphatic heterocycles. The molecule has 1 unspecified atom stereocenters. The number of nitrogens with one attached hydrogen (secondary N) is 2. The molecule has 4 atom stereocenters. The molecule has 0 bridgehead atoms. The lowest BCUT2D eigenvalue weighted by atomic mass is 9.97. The summed E-state index contributed by atoms with van der Waals surface area (Å²) in [5.74, 6) is -2.62. The molecule has 0 saturated heterocycles. The van der Waals surface area contributed by atoms with Crippen molar-refractivity contribution in [3.8, 4) is 11.1 Å². The first-order chi connectivity index (χ1) is 24.4. The van der Waals surface area contributed by atoms with Gasteiger partial charge in [0.1, 0.15) is 6.04 Å². The van der Waals surface area contributed by atoms with Crippen molar-refractivity contribution in [1.29, 1.82) is 0 Å². The molecule has 0 aromatic heterocycles. The highest BCUT2D eigenvalue weighted by molar-refractivity contribution is 6.99. The highest BCUT2D eigenvalue weighted by Crippen LogP contribution is 2.39. The Morgan fingerprint density at radius 3 is 1.84 bits per heavy atom. The molecule has 51 heavy (non-hydrogen) atoms. The van der Waals surface area contributed by atoms with Crippen molar-refractivity contribution in [1.82, 2.24) is 10.6 Å². The lowest BCUT2D eigenvalue weighted by Crippen LogP contribution is -2.70. The summed E-state index contributed by atoms with van der Waals surface area (Å²) < 4.78 is 13.2. The third-order valence-electron chi connectivity index (χ3n) is 9.50. The zero-order valence-electron chi connectivity index (χ0n) is 30.0. The van der Waals surface area contributed by atoms with Gasteiger partial charge < -0.3 is 24.9 Å². The van der Waals surface area contributed by atoms with Crippen LogP contribution in [0.5, 0.6) is 0 Å². The van der Waals surface area contributed by atoms with Crippen LogP contribution in [0.25, 0.3) is 11.1 Å².